The summed E-state index contributed by atoms with van der Waals surface area (Å²) in [6, 6.07) is -1.94. The number of amides is 3. The number of hydrogen-bond donors (Lipinski definition) is 4. The van der Waals surface area contributed by atoms with Crippen LogP contribution in [0.3, 0.4) is 0 Å². The Morgan fingerprint density at radius 3 is 2.33 bits per heavy atom. The second-order valence-electron chi connectivity index (χ2n) is 3.74. The molecule has 0 aliphatic heterocycles. The fourth-order valence-corrected chi connectivity index (χ4v) is 1.97. The largest absolute Gasteiger partial charge is 0.480 e. The molecule has 0 spiro atoms. The van der Waals surface area contributed by atoms with Crippen molar-refractivity contribution in [2.24, 2.45) is 5.73 Å². The molecule has 3 amide bonds. The SMILES string of the molecule is CCC(CSC)NC(=O)N[C@H](CC(N)=O)C(=O)O. The van der Waals surface area contributed by atoms with E-state index < -0.39 is 30.4 Å². The molecule has 0 aliphatic carbocycles. The minimum Gasteiger partial charge on any atom is -0.480 e. The molecule has 104 valence electrons. The smallest absolute Gasteiger partial charge is 0.326 e. The number of carboxylic acid groups (broad SMARTS) is 1. The highest BCUT2D eigenvalue weighted by Gasteiger charge is 2.22. The Labute approximate surface area is 110 Å². The zero-order valence-corrected chi connectivity index (χ0v) is 11.3. The third kappa shape index (κ3) is 7.00. The van der Waals surface area contributed by atoms with Crippen molar-refractivity contribution in [3.05, 3.63) is 0 Å². The van der Waals surface area contributed by atoms with Crippen molar-refractivity contribution in [2.75, 3.05) is 12.0 Å². The molecule has 7 nitrogen and oxygen atoms in total. The van der Waals surface area contributed by atoms with Gasteiger partial charge in [0.15, 0.2) is 0 Å². The van der Waals surface area contributed by atoms with E-state index in [-0.39, 0.29) is 6.04 Å². The van der Waals surface area contributed by atoms with Gasteiger partial charge in [0.2, 0.25) is 5.91 Å². The molecule has 5 N–H and O–H groups in total. The van der Waals surface area contributed by atoms with Crippen molar-refractivity contribution in [1.29, 1.82) is 0 Å². The maximum atomic E-state index is 11.5. The zero-order valence-electron chi connectivity index (χ0n) is 10.4. The highest BCUT2D eigenvalue weighted by molar-refractivity contribution is 7.98. The highest BCUT2D eigenvalue weighted by atomic mass is 32.2. The van der Waals surface area contributed by atoms with Crippen LogP contribution in [0.2, 0.25) is 0 Å². The number of rotatable bonds is 8. The summed E-state index contributed by atoms with van der Waals surface area (Å²) < 4.78 is 0. The van der Waals surface area contributed by atoms with Crippen molar-refractivity contribution in [2.45, 2.75) is 31.8 Å². The number of nitrogens with one attached hydrogen (secondary N) is 2. The number of nitrogens with two attached hydrogens (primary N) is 1. The lowest BCUT2D eigenvalue weighted by molar-refractivity contribution is -0.140. The van der Waals surface area contributed by atoms with E-state index in [4.69, 9.17) is 10.8 Å². The number of carboxylic acids is 1. The monoisotopic (exact) mass is 277 g/mol. The zero-order chi connectivity index (χ0) is 14.1. The van der Waals surface area contributed by atoms with Crippen LogP contribution < -0.4 is 16.4 Å². The van der Waals surface area contributed by atoms with Crippen LogP contribution >= 0.6 is 11.8 Å². The summed E-state index contributed by atoms with van der Waals surface area (Å²) in [5.41, 5.74) is 4.90. The van der Waals surface area contributed by atoms with E-state index in [0.717, 1.165) is 12.2 Å². The first kappa shape index (κ1) is 16.6. The van der Waals surface area contributed by atoms with Crippen molar-refractivity contribution in [1.82, 2.24) is 10.6 Å². The van der Waals surface area contributed by atoms with Crippen LogP contribution in [-0.2, 0) is 9.59 Å². The normalized spacial score (nSPS) is 13.4. The summed E-state index contributed by atoms with van der Waals surface area (Å²) in [5, 5.41) is 13.7. The van der Waals surface area contributed by atoms with Gasteiger partial charge in [0.1, 0.15) is 6.04 Å². The van der Waals surface area contributed by atoms with Crippen LogP contribution in [0.4, 0.5) is 4.79 Å². The van der Waals surface area contributed by atoms with E-state index in [2.05, 4.69) is 10.6 Å². The van der Waals surface area contributed by atoms with Crippen molar-refractivity contribution >= 4 is 29.7 Å². The van der Waals surface area contributed by atoms with Gasteiger partial charge in [-0.1, -0.05) is 6.92 Å². The molecular weight excluding hydrogens is 258 g/mol. The fraction of sp³-hybridized carbons (Fsp3) is 0.700. The lowest BCUT2D eigenvalue weighted by atomic mass is 10.2. The molecule has 0 saturated heterocycles. The van der Waals surface area contributed by atoms with Crippen LogP contribution in [0.5, 0.6) is 0 Å². The molecule has 0 saturated carbocycles. The molecule has 2 atom stereocenters. The standard InChI is InChI=1S/C10H19N3O4S/c1-3-6(5-18-2)12-10(17)13-7(9(15)16)4-8(11)14/h6-7H,3-5H2,1-2H3,(H2,11,14)(H,15,16)(H2,12,13,17)/t6?,7-/m1/s1. The number of thioether (sulfide) groups is 1. The first-order chi connectivity index (χ1) is 8.40. The molecule has 0 aliphatic rings. The number of primary amides is 1. The molecule has 0 heterocycles. The van der Waals surface area contributed by atoms with Crippen molar-refractivity contribution < 1.29 is 19.5 Å². The Balaban J connectivity index is 4.32. The molecule has 0 aromatic carbocycles. The van der Waals surface area contributed by atoms with Crippen LogP contribution in [-0.4, -0.2) is 47.1 Å². The maximum absolute atomic E-state index is 11.5. The van der Waals surface area contributed by atoms with Crippen molar-refractivity contribution in [3.8, 4) is 0 Å². The van der Waals surface area contributed by atoms with E-state index in [1.807, 2.05) is 13.2 Å². The quantitative estimate of drug-likeness (QED) is 0.487. The van der Waals surface area contributed by atoms with E-state index in [1.165, 1.54) is 0 Å². The minimum atomic E-state index is -1.30. The number of carbonyl (C=O) groups excluding carboxylic acids is 2. The summed E-state index contributed by atoms with van der Waals surface area (Å²) in [6.45, 7) is 1.92. The molecule has 8 heteroatoms. The second kappa shape index (κ2) is 8.62. The molecule has 0 bridgehead atoms. The summed E-state index contributed by atoms with van der Waals surface area (Å²) in [7, 11) is 0. The van der Waals surface area contributed by atoms with Gasteiger partial charge in [-0.15, -0.1) is 0 Å². The Morgan fingerprint density at radius 2 is 1.94 bits per heavy atom. The topological polar surface area (TPSA) is 122 Å². The van der Waals surface area contributed by atoms with Gasteiger partial charge in [0, 0.05) is 11.8 Å². The number of urea groups is 1. The van der Waals surface area contributed by atoms with E-state index in [1.54, 1.807) is 11.8 Å². The van der Waals surface area contributed by atoms with Gasteiger partial charge < -0.3 is 21.5 Å². The molecule has 0 aromatic heterocycles. The highest BCUT2D eigenvalue weighted by Crippen LogP contribution is 2.01. The molecule has 0 aromatic rings. The molecule has 0 radical (unpaired) electrons. The number of carbonyl (C=O) groups is 3. The van der Waals surface area contributed by atoms with Gasteiger partial charge in [-0.25, -0.2) is 9.59 Å². The predicted octanol–water partition coefficient (Wildman–Crippen LogP) is -0.244. The Morgan fingerprint density at radius 1 is 1.33 bits per heavy atom. The Bertz CT molecular complexity index is 311. The van der Waals surface area contributed by atoms with E-state index in [0.29, 0.717) is 0 Å². The van der Waals surface area contributed by atoms with Gasteiger partial charge in [-0.3, -0.25) is 4.79 Å². The summed E-state index contributed by atoms with van der Waals surface area (Å²) in [4.78, 5) is 33.0. The summed E-state index contributed by atoms with van der Waals surface area (Å²) >= 11 is 1.58. The van der Waals surface area contributed by atoms with Gasteiger partial charge >= 0.3 is 12.0 Å². The average Bonchev–Trinajstić information content (AvgIpc) is 2.26. The third-order valence-electron chi connectivity index (χ3n) is 2.20. The molecular formula is C10H19N3O4S. The molecule has 18 heavy (non-hydrogen) atoms. The Kier molecular flexibility index (Phi) is 7.93. The third-order valence-corrected chi connectivity index (χ3v) is 2.94. The van der Waals surface area contributed by atoms with E-state index in [9.17, 15) is 14.4 Å². The van der Waals surface area contributed by atoms with Gasteiger partial charge in [0.05, 0.1) is 6.42 Å². The number of hydrogen-bond acceptors (Lipinski definition) is 4. The lowest BCUT2D eigenvalue weighted by Gasteiger charge is -2.18. The van der Waals surface area contributed by atoms with Crippen molar-refractivity contribution in [3.63, 3.8) is 0 Å². The number of aliphatic carboxylic acids is 1. The average molecular weight is 277 g/mol. The van der Waals surface area contributed by atoms with Gasteiger partial charge in [-0.05, 0) is 12.7 Å². The van der Waals surface area contributed by atoms with E-state index >= 15 is 0 Å². The fourth-order valence-electron chi connectivity index (χ4n) is 1.25. The second-order valence-corrected chi connectivity index (χ2v) is 4.65. The minimum absolute atomic E-state index is 0.0389. The molecule has 0 fully saturated rings. The maximum Gasteiger partial charge on any atom is 0.326 e. The summed E-state index contributed by atoms with van der Waals surface area (Å²) in [5.74, 6) is -1.34. The van der Waals surface area contributed by atoms with Crippen LogP contribution in [0.15, 0.2) is 0 Å². The Hall–Kier alpha value is -1.44. The van der Waals surface area contributed by atoms with Crippen LogP contribution in [0, 0.1) is 0 Å². The van der Waals surface area contributed by atoms with Crippen LogP contribution in [0.1, 0.15) is 19.8 Å². The first-order valence-electron chi connectivity index (χ1n) is 5.47. The summed E-state index contributed by atoms with van der Waals surface area (Å²) in [6.07, 6.45) is 2.22. The van der Waals surface area contributed by atoms with Gasteiger partial charge in [-0.2, -0.15) is 11.8 Å². The molecule has 0 rings (SSSR count). The predicted molar refractivity (Wildman–Crippen MR) is 69.4 cm³/mol. The van der Waals surface area contributed by atoms with Crippen LogP contribution in [0.25, 0.3) is 0 Å². The van der Waals surface area contributed by atoms with Gasteiger partial charge in [0.25, 0.3) is 0 Å². The first-order valence-corrected chi connectivity index (χ1v) is 6.87. The lowest BCUT2D eigenvalue weighted by Crippen LogP contribution is -2.50. The molecule has 1 unspecified atom stereocenters.